The number of hydrogen-bond acceptors (Lipinski definition) is 6. The maximum absolute atomic E-state index is 4.81. The lowest BCUT2D eigenvalue weighted by atomic mass is 10.2. The number of para-hydroxylation sites is 1. The van der Waals surface area contributed by atoms with Gasteiger partial charge in [0.25, 0.3) is 0 Å². The molecule has 24 heavy (non-hydrogen) atoms. The molecule has 1 N–H and O–H groups in total. The Kier molecular flexibility index (Phi) is 3.96. The molecule has 0 atom stereocenters. The van der Waals surface area contributed by atoms with Crippen molar-refractivity contribution in [1.82, 2.24) is 19.9 Å². The third kappa shape index (κ3) is 3.00. The molecule has 1 aliphatic heterocycles. The van der Waals surface area contributed by atoms with Crippen molar-refractivity contribution in [2.24, 2.45) is 0 Å². The number of pyridine rings is 1. The van der Waals surface area contributed by atoms with Crippen LogP contribution in [0.3, 0.4) is 0 Å². The molecule has 1 aromatic carbocycles. The molecule has 0 bridgehead atoms. The van der Waals surface area contributed by atoms with Gasteiger partial charge in [-0.2, -0.15) is 4.98 Å². The first-order chi connectivity index (χ1) is 11.8. The van der Waals surface area contributed by atoms with E-state index >= 15 is 0 Å². The summed E-state index contributed by atoms with van der Waals surface area (Å²) in [5, 5.41) is 4.38. The average molecular weight is 320 g/mol. The Hall–Kier alpha value is -2.73. The second-order valence-corrected chi connectivity index (χ2v) is 6.04. The number of aromatic nitrogens is 3. The molecule has 0 spiro atoms. The fraction of sp³-hybridized carbons (Fsp3) is 0.278. The molecule has 6 heteroatoms. The van der Waals surface area contributed by atoms with Crippen LogP contribution in [-0.2, 0) is 0 Å². The van der Waals surface area contributed by atoms with Crippen molar-refractivity contribution in [2.45, 2.75) is 0 Å². The normalized spacial score (nSPS) is 15.6. The molecule has 4 rings (SSSR count). The average Bonchev–Trinajstić information content (AvgIpc) is 2.63. The van der Waals surface area contributed by atoms with Gasteiger partial charge in [-0.25, -0.2) is 4.98 Å². The molecule has 122 valence electrons. The number of fused-ring (bicyclic) bond motifs is 1. The van der Waals surface area contributed by atoms with E-state index in [4.69, 9.17) is 4.98 Å². The minimum Gasteiger partial charge on any atom is -0.353 e. The van der Waals surface area contributed by atoms with Crippen LogP contribution in [-0.4, -0.2) is 53.1 Å². The number of anilines is 3. The van der Waals surface area contributed by atoms with Gasteiger partial charge >= 0.3 is 0 Å². The summed E-state index contributed by atoms with van der Waals surface area (Å²) in [5.41, 5.74) is 1.89. The van der Waals surface area contributed by atoms with E-state index in [0.29, 0.717) is 5.95 Å². The lowest BCUT2D eigenvalue weighted by molar-refractivity contribution is 0.312. The van der Waals surface area contributed by atoms with Gasteiger partial charge in [-0.3, -0.25) is 4.98 Å². The zero-order valence-corrected chi connectivity index (χ0v) is 13.7. The molecular weight excluding hydrogens is 300 g/mol. The van der Waals surface area contributed by atoms with E-state index in [9.17, 15) is 0 Å². The second-order valence-electron chi connectivity index (χ2n) is 6.04. The topological polar surface area (TPSA) is 57.2 Å². The van der Waals surface area contributed by atoms with Gasteiger partial charge in [0.05, 0.1) is 5.52 Å². The van der Waals surface area contributed by atoms with E-state index in [-0.39, 0.29) is 0 Å². The number of piperazine rings is 1. The highest BCUT2D eigenvalue weighted by atomic mass is 15.3. The van der Waals surface area contributed by atoms with Crippen LogP contribution >= 0.6 is 0 Å². The van der Waals surface area contributed by atoms with Gasteiger partial charge < -0.3 is 15.1 Å². The van der Waals surface area contributed by atoms with Gasteiger partial charge in [0.15, 0.2) is 0 Å². The van der Waals surface area contributed by atoms with Gasteiger partial charge in [0.1, 0.15) is 5.82 Å². The number of likely N-dealkylation sites (N-methyl/N-ethyl adjacent to an activating group) is 1. The predicted molar refractivity (Wildman–Crippen MR) is 96.8 cm³/mol. The first-order valence-corrected chi connectivity index (χ1v) is 8.17. The number of hydrogen-bond donors (Lipinski definition) is 1. The molecule has 0 amide bonds. The molecule has 3 aromatic rings. The fourth-order valence-electron chi connectivity index (χ4n) is 2.94. The highest BCUT2D eigenvalue weighted by molar-refractivity contribution is 5.90. The van der Waals surface area contributed by atoms with Crippen LogP contribution < -0.4 is 10.2 Å². The van der Waals surface area contributed by atoms with E-state index in [0.717, 1.165) is 48.6 Å². The van der Waals surface area contributed by atoms with Crippen molar-refractivity contribution in [1.29, 1.82) is 0 Å². The van der Waals surface area contributed by atoms with E-state index in [1.165, 1.54) is 0 Å². The molecule has 6 nitrogen and oxygen atoms in total. The number of nitrogens with one attached hydrogen (secondary N) is 1. The van der Waals surface area contributed by atoms with Crippen molar-refractivity contribution < 1.29 is 0 Å². The number of rotatable bonds is 3. The van der Waals surface area contributed by atoms with Crippen molar-refractivity contribution in [3.63, 3.8) is 0 Å². The minimum atomic E-state index is 0.619. The Morgan fingerprint density at radius 1 is 0.917 bits per heavy atom. The first-order valence-electron chi connectivity index (χ1n) is 8.17. The summed E-state index contributed by atoms with van der Waals surface area (Å²) in [7, 11) is 2.16. The highest BCUT2D eigenvalue weighted by Gasteiger charge is 2.19. The SMILES string of the molecule is CN1CCN(c2nc(Nc3ccncc3)nc3ccccc23)CC1. The van der Waals surface area contributed by atoms with E-state index in [1.807, 2.05) is 30.3 Å². The van der Waals surface area contributed by atoms with E-state index in [2.05, 4.69) is 38.2 Å². The molecule has 0 aliphatic carbocycles. The van der Waals surface area contributed by atoms with Crippen LogP contribution in [0.2, 0.25) is 0 Å². The van der Waals surface area contributed by atoms with Crippen LogP contribution in [0, 0.1) is 0 Å². The highest BCUT2D eigenvalue weighted by Crippen LogP contribution is 2.27. The Bertz CT molecular complexity index is 827. The number of benzene rings is 1. The molecule has 0 saturated carbocycles. The summed E-state index contributed by atoms with van der Waals surface area (Å²) in [5.74, 6) is 1.62. The molecule has 1 saturated heterocycles. The summed E-state index contributed by atoms with van der Waals surface area (Å²) in [4.78, 5) is 18.2. The Morgan fingerprint density at radius 2 is 1.67 bits per heavy atom. The van der Waals surface area contributed by atoms with E-state index in [1.54, 1.807) is 12.4 Å². The van der Waals surface area contributed by atoms with Crippen LogP contribution in [0.25, 0.3) is 10.9 Å². The molecular formula is C18H20N6. The third-order valence-electron chi connectivity index (χ3n) is 4.32. The third-order valence-corrected chi connectivity index (χ3v) is 4.32. The van der Waals surface area contributed by atoms with Crippen molar-refractivity contribution in [3.8, 4) is 0 Å². The number of nitrogens with zero attached hydrogens (tertiary/aromatic N) is 5. The lowest BCUT2D eigenvalue weighted by Gasteiger charge is -2.33. The summed E-state index contributed by atoms with van der Waals surface area (Å²) < 4.78 is 0. The summed E-state index contributed by atoms with van der Waals surface area (Å²) in [6, 6.07) is 12.0. The van der Waals surface area contributed by atoms with Crippen molar-refractivity contribution in [3.05, 3.63) is 48.8 Å². The molecule has 1 fully saturated rings. The largest absolute Gasteiger partial charge is 0.353 e. The smallest absolute Gasteiger partial charge is 0.229 e. The zero-order chi connectivity index (χ0) is 16.4. The van der Waals surface area contributed by atoms with Gasteiger partial charge in [-0.15, -0.1) is 0 Å². The van der Waals surface area contributed by atoms with Gasteiger partial charge in [0, 0.05) is 49.6 Å². The summed E-state index contributed by atoms with van der Waals surface area (Å²) >= 11 is 0. The first kappa shape index (κ1) is 14.8. The zero-order valence-electron chi connectivity index (χ0n) is 13.7. The van der Waals surface area contributed by atoms with Crippen molar-refractivity contribution in [2.75, 3.05) is 43.4 Å². The van der Waals surface area contributed by atoms with Crippen LogP contribution in [0.15, 0.2) is 48.8 Å². The van der Waals surface area contributed by atoms with E-state index < -0.39 is 0 Å². The summed E-state index contributed by atoms with van der Waals surface area (Å²) in [6.45, 7) is 4.05. The summed E-state index contributed by atoms with van der Waals surface area (Å²) in [6.07, 6.45) is 3.51. The lowest BCUT2D eigenvalue weighted by Crippen LogP contribution is -2.45. The molecule has 2 aromatic heterocycles. The standard InChI is InChI=1S/C18H20N6/c1-23-10-12-24(13-11-23)17-15-4-2-3-5-16(15)21-18(22-17)20-14-6-8-19-9-7-14/h2-9H,10-13H2,1H3,(H,19,20,21,22). The molecule has 0 radical (unpaired) electrons. The molecule has 0 unspecified atom stereocenters. The van der Waals surface area contributed by atoms with Crippen molar-refractivity contribution >= 4 is 28.4 Å². The quantitative estimate of drug-likeness (QED) is 0.800. The minimum absolute atomic E-state index is 0.619. The van der Waals surface area contributed by atoms with Gasteiger partial charge in [0.2, 0.25) is 5.95 Å². The van der Waals surface area contributed by atoms with Gasteiger partial charge in [-0.1, -0.05) is 12.1 Å². The predicted octanol–water partition coefficient (Wildman–Crippen LogP) is 2.52. The monoisotopic (exact) mass is 320 g/mol. The molecule has 3 heterocycles. The van der Waals surface area contributed by atoms with Crippen LogP contribution in [0.5, 0.6) is 0 Å². The molecule has 1 aliphatic rings. The fourth-order valence-corrected chi connectivity index (χ4v) is 2.94. The van der Waals surface area contributed by atoms with Gasteiger partial charge in [-0.05, 0) is 31.3 Å². The Balaban J connectivity index is 1.73. The maximum Gasteiger partial charge on any atom is 0.229 e. The van der Waals surface area contributed by atoms with Crippen LogP contribution in [0.1, 0.15) is 0 Å². The Labute approximate surface area is 141 Å². The Morgan fingerprint density at radius 3 is 2.46 bits per heavy atom. The maximum atomic E-state index is 4.81. The van der Waals surface area contributed by atoms with Crippen LogP contribution in [0.4, 0.5) is 17.5 Å². The second kappa shape index (κ2) is 6.41.